The summed E-state index contributed by atoms with van der Waals surface area (Å²) < 4.78 is 32.0. The number of imide groups is 1. The number of benzene rings is 1. The first-order valence-corrected chi connectivity index (χ1v) is 11.0. The molecule has 0 atom stereocenters. The molecule has 1 aliphatic heterocycles. The van der Waals surface area contributed by atoms with Gasteiger partial charge in [-0.2, -0.15) is 4.31 Å². The van der Waals surface area contributed by atoms with Crippen molar-refractivity contribution in [2.75, 3.05) is 19.7 Å². The van der Waals surface area contributed by atoms with Gasteiger partial charge in [-0.1, -0.05) is 18.9 Å². The van der Waals surface area contributed by atoms with Crippen LogP contribution in [0.3, 0.4) is 0 Å². The van der Waals surface area contributed by atoms with E-state index in [-0.39, 0.29) is 16.5 Å². The fourth-order valence-electron chi connectivity index (χ4n) is 2.89. The van der Waals surface area contributed by atoms with Gasteiger partial charge < -0.3 is 10.1 Å². The normalized spacial score (nSPS) is 15.4. The van der Waals surface area contributed by atoms with Crippen LogP contribution in [0.15, 0.2) is 29.2 Å². The smallest absolute Gasteiger partial charge is 0.338 e. The minimum atomic E-state index is -3.71. The molecule has 2 rings (SSSR count). The fraction of sp³-hybridized carbons (Fsp3) is 0.526. The molecule has 10 heteroatoms. The van der Waals surface area contributed by atoms with Gasteiger partial charge in [0.25, 0.3) is 5.91 Å². The molecule has 0 unspecified atom stereocenters. The van der Waals surface area contributed by atoms with E-state index >= 15 is 0 Å². The van der Waals surface area contributed by atoms with Crippen molar-refractivity contribution in [3.05, 3.63) is 29.8 Å². The number of hydrogen-bond donors (Lipinski definition) is 2. The van der Waals surface area contributed by atoms with E-state index < -0.39 is 34.5 Å². The Hall–Kier alpha value is -2.46. The SMILES string of the molecule is CC(C)NC(=O)NC(=O)COC(=O)c1cccc(S(=O)(=O)N2CCCCCC2)c1. The molecule has 0 bridgehead atoms. The van der Waals surface area contributed by atoms with Crippen LogP contribution in [-0.4, -0.2) is 56.4 Å². The number of nitrogens with zero attached hydrogens (tertiary/aromatic N) is 1. The molecule has 1 fully saturated rings. The van der Waals surface area contributed by atoms with Crippen LogP contribution in [-0.2, 0) is 19.6 Å². The molecular formula is C19H27N3O6S. The third-order valence-electron chi connectivity index (χ3n) is 4.28. The summed E-state index contributed by atoms with van der Waals surface area (Å²) in [4.78, 5) is 35.4. The van der Waals surface area contributed by atoms with Gasteiger partial charge in [-0.25, -0.2) is 18.0 Å². The first-order chi connectivity index (χ1) is 13.7. The highest BCUT2D eigenvalue weighted by Crippen LogP contribution is 2.21. The number of nitrogens with one attached hydrogen (secondary N) is 2. The molecular weight excluding hydrogens is 398 g/mol. The molecule has 29 heavy (non-hydrogen) atoms. The molecule has 3 amide bonds. The van der Waals surface area contributed by atoms with Crippen LogP contribution in [0.4, 0.5) is 4.79 Å². The van der Waals surface area contributed by atoms with Gasteiger partial charge in [0, 0.05) is 19.1 Å². The number of sulfonamides is 1. The standard InChI is InChI=1S/C19H27N3O6S/c1-14(2)20-19(25)21-17(23)13-28-18(24)15-8-7-9-16(12-15)29(26,27)22-10-5-3-4-6-11-22/h7-9,12,14H,3-6,10-11,13H2,1-2H3,(H2,20,21,23,25). The van der Waals surface area contributed by atoms with E-state index in [0.717, 1.165) is 25.7 Å². The Kier molecular flexibility index (Phi) is 8.15. The highest BCUT2D eigenvalue weighted by atomic mass is 32.2. The quantitative estimate of drug-likeness (QED) is 0.668. The van der Waals surface area contributed by atoms with E-state index in [2.05, 4.69) is 5.32 Å². The van der Waals surface area contributed by atoms with Crippen molar-refractivity contribution < 1.29 is 27.5 Å². The van der Waals surface area contributed by atoms with E-state index in [1.54, 1.807) is 13.8 Å². The highest BCUT2D eigenvalue weighted by Gasteiger charge is 2.26. The van der Waals surface area contributed by atoms with E-state index in [9.17, 15) is 22.8 Å². The third-order valence-corrected chi connectivity index (χ3v) is 6.17. The number of ether oxygens (including phenoxy) is 1. The summed E-state index contributed by atoms with van der Waals surface area (Å²) in [6.45, 7) is 3.71. The number of amides is 3. The van der Waals surface area contributed by atoms with Gasteiger partial charge in [0.15, 0.2) is 6.61 Å². The van der Waals surface area contributed by atoms with Gasteiger partial charge >= 0.3 is 12.0 Å². The van der Waals surface area contributed by atoms with Gasteiger partial charge in [0.1, 0.15) is 0 Å². The minimum absolute atomic E-state index is 0.00890. The summed E-state index contributed by atoms with van der Waals surface area (Å²) in [5.41, 5.74) is 0.0142. The average molecular weight is 426 g/mol. The van der Waals surface area contributed by atoms with E-state index in [0.29, 0.717) is 13.1 Å². The van der Waals surface area contributed by atoms with Crippen LogP contribution < -0.4 is 10.6 Å². The number of carbonyl (C=O) groups excluding carboxylic acids is 3. The van der Waals surface area contributed by atoms with Gasteiger partial charge in [0.05, 0.1) is 10.5 Å². The third kappa shape index (κ3) is 6.82. The van der Waals surface area contributed by atoms with Crippen molar-refractivity contribution >= 4 is 27.9 Å². The molecule has 0 spiro atoms. The Morgan fingerprint density at radius 2 is 1.76 bits per heavy atom. The Labute approximate surface area is 170 Å². The zero-order valence-corrected chi connectivity index (χ0v) is 17.5. The van der Waals surface area contributed by atoms with E-state index in [1.165, 1.54) is 28.6 Å². The van der Waals surface area contributed by atoms with Crippen molar-refractivity contribution in [2.45, 2.75) is 50.5 Å². The van der Waals surface area contributed by atoms with Crippen LogP contribution in [0.25, 0.3) is 0 Å². The summed E-state index contributed by atoms with van der Waals surface area (Å²) in [6, 6.07) is 4.70. The Morgan fingerprint density at radius 1 is 1.10 bits per heavy atom. The van der Waals surface area contributed by atoms with Crippen molar-refractivity contribution in [2.24, 2.45) is 0 Å². The predicted molar refractivity (Wildman–Crippen MR) is 106 cm³/mol. The molecule has 0 radical (unpaired) electrons. The summed E-state index contributed by atoms with van der Waals surface area (Å²) in [6.07, 6.45) is 3.60. The first kappa shape index (κ1) is 22.8. The molecule has 1 saturated heterocycles. The lowest BCUT2D eigenvalue weighted by Gasteiger charge is -2.20. The van der Waals surface area contributed by atoms with Gasteiger partial charge in [-0.05, 0) is 44.9 Å². The number of rotatable bonds is 6. The molecule has 9 nitrogen and oxygen atoms in total. The lowest BCUT2D eigenvalue weighted by Crippen LogP contribution is -2.44. The zero-order chi connectivity index (χ0) is 21.4. The minimum Gasteiger partial charge on any atom is -0.452 e. The van der Waals surface area contributed by atoms with Crippen LogP contribution in [0.5, 0.6) is 0 Å². The Balaban J connectivity index is 2.00. The summed E-state index contributed by atoms with van der Waals surface area (Å²) >= 11 is 0. The van der Waals surface area contributed by atoms with Gasteiger partial charge in [-0.3, -0.25) is 10.1 Å². The van der Waals surface area contributed by atoms with Gasteiger partial charge in [-0.15, -0.1) is 0 Å². The average Bonchev–Trinajstić information content (AvgIpc) is 2.95. The van der Waals surface area contributed by atoms with Crippen LogP contribution in [0.2, 0.25) is 0 Å². The molecule has 1 aromatic carbocycles. The van der Waals surface area contributed by atoms with Crippen molar-refractivity contribution in [3.63, 3.8) is 0 Å². The number of hydrogen-bond acceptors (Lipinski definition) is 6. The molecule has 2 N–H and O–H groups in total. The molecule has 0 aliphatic carbocycles. The highest BCUT2D eigenvalue weighted by molar-refractivity contribution is 7.89. The number of urea groups is 1. The Bertz CT molecular complexity index is 845. The van der Waals surface area contributed by atoms with Crippen molar-refractivity contribution in [1.29, 1.82) is 0 Å². The second-order valence-corrected chi connectivity index (χ2v) is 9.04. The summed E-state index contributed by atoms with van der Waals surface area (Å²) in [7, 11) is -3.71. The predicted octanol–water partition coefficient (Wildman–Crippen LogP) is 1.64. The molecule has 1 heterocycles. The van der Waals surface area contributed by atoms with Crippen LogP contribution in [0, 0.1) is 0 Å². The maximum absolute atomic E-state index is 12.9. The number of esters is 1. The molecule has 0 saturated carbocycles. The number of carbonyl (C=O) groups is 3. The van der Waals surface area contributed by atoms with Gasteiger partial charge in [0.2, 0.25) is 10.0 Å². The zero-order valence-electron chi connectivity index (χ0n) is 16.6. The lowest BCUT2D eigenvalue weighted by atomic mass is 10.2. The first-order valence-electron chi connectivity index (χ1n) is 9.58. The Morgan fingerprint density at radius 3 is 2.38 bits per heavy atom. The second-order valence-electron chi connectivity index (χ2n) is 7.10. The second kappa shape index (κ2) is 10.4. The van der Waals surface area contributed by atoms with Crippen LogP contribution in [0.1, 0.15) is 49.9 Å². The molecule has 1 aliphatic rings. The maximum Gasteiger partial charge on any atom is 0.338 e. The summed E-state index contributed by atoms with van der Waals surface area (Å²) in [5, 5.41) is 4.50. The van der Waals surface area contributed by atoms with E-state index in [4.69, 9.17) is 4.74 Å². The van der Waals surface area contributed by atoms with Crippen molar-refractivity contribution in [1.82, 2.24) is 14.9 Å². The lowest BCUT2D eigenvalue weighted by molar-refractivity contribution is -0.123. The van der Waals surface area contributed by atoms with Crippen molar-refractivity contribution in [3.8, 4) is 0 Å². The summed E-state index contributed by atoms with van der Waals surface area (Å²) in [5.74, 6) is -1.64. The topological polar surface area (TPSA) is 122 Å². The monoisotopic (exact) mass is 425 g/mol. The fourth-order valence-corrected chi connectivity index (χ4v) is 4.45. The van der Waals surface area contributed by atoms with E-state index in [1.807, 2.05) is 5.32 Å². The maximum atomic E-state index is 12.9. The largest absolute Gasteiger partial charge is 0.452 e. The molecule has 160 valence electrons. The van der Waals surface area contributed by atoms with Crippen LogP contribution >= 0.6 is 0 Å². The molecule has 0 aromatic heterocycles. The molecule has 1 aromatic rings.